The molecule has 0 aromatic heterocycles. The molecular formula is C26H15BrClNO5. The van der Waals surface area contributed by atoms with E-state index in [1.54, 1.807) is 72.8 Å². The smallest absolute Gasteiger partial charge is 0.241 e. The van der Waals surface area contributed by atoms with Crippen LogP contribution in [0.3, 0.4) is 0 Å². The Morgan fingerprint density at radius 2 is 1.38 bits per heavy atom. The molecule has 2 saturated heterocycles. The molecule has 3 aromatic carbocycles. The topological polar surface area (TPSA) is 80.8 Å². The molecule has 0 saturated carbocycles. The molecule has 1 spiro atoms. The number of hydrogen-bond acceptors (Lipinski definition) is 5. The molecule has 3 aromatic rings. The summed E-state index contributed by atoms with van der Waals surface area (Å²) < 4.78 is 6.79. The lowest BCUT2D eigenvalue weighted by Gasteiger charge is -2.27. The highest BCUT2D eigenvalue weighted by Gasteiger charge is 2.74. The summed E-state index contributed by atoms with van der Waals surface area (Å²) in [6.07, 6.45) is -0.978. The summed E-state index contributed by atoms with van der Waals surface area (Å²) in [6, 6.07) is 19.9. The summed E-state index contributed by atoms with van der Waals surface area (Å²) in [5.41, 5.74) is -0.790. The van der Waals surface area contributed by atoms with Gasteiger partial charge in [-0.1, -0.05) is 60.1 Å². The third kappa shape index (κ3) is 2.66. The number of fused-ring (bicyclic) bond motifs is 3. The quantitative estimate of drug-likeness (QED) is 0.347. The average Bonchev–Trinajstić information content (AvgIpc) is 3.40. The molecule has 0 unspecified atom stereocenters. The van der Waals surface area contributed by atoms with Crippen LogP contribution in [-0.2, 0) is 14.3 Å². The van der Waals surface area contributed by atoms with Crippen LogP contribution >= 0.6 is 27.5 Å². The van der Waals surface area contributed by atoms with E-state index < -0.39 is 46.9 Å². The minimum atomic E-state index is -2.10. The second kappa shape index (κ2) is 7.43. The number of benzene rings is 3. The third-order valence-corrected chi connectivity index (χ3v) is 7.73. The molecule has 168 valence electrons. The van der Waals surface area contributed by atoms with Crippen molar-refractivity contribution in [3.63, 3.8) is 0 Å². The van der Waals surface area contributed by atoms with E-state index in [9.17, 15) is 19.2 Å². The number of imide groups is 1. The van der Waals surface area contributed by atoms with E-state index in [1.165, 1.54) is 0 Å². The minimum absolute atomic E-state index is 0.197. The molecule has 2 heterocycles. The van der Waals surface area contributed by atoms with Crippen LogP contribution in [0.1, 0.15) is 32.4 Å². The minimum Gasteiger partial charge on any atom is -0.349 e. The summed E-state index contributed by atoms with van der Waals surface area (Å²) >= 11 is 9.45. The van der Waals surface area contributed by atoms with Crippen molar-refractivity contribution in [2.45, 2.75) is 11.7 Å². The Morgan fingerprint density at radius 3 is 2.00 bits per heavy atom. The molecule has 0 bridgehead atoms. The Balaban J connectivity index is 1.56. The van der Waals surface area contributed by atoms with Crippen molar-refractivity contribution in [1.82, 2.24) is 0 Å². The highest BCUT2D eigenvalue weighted by molar-refractivity contribution is 9.10. The first-order valence-electron chi connectivity index (χ1n) is 10.6. The fourth-order valence-corrected chi connectivity index (χ4v) is 5.93. The molecular weight excluding hydrogens is 522 g/mol. The second-order valence-corrected chi connectivity index (χ2v) is 9.79. The Morgan fingerprint density at radius 1 is 0.794 bits per heavy atom. The van der Waals surface area contributed by atoms with Gasteiger partial charge in [0.05, 0.1) is 23.6 Å². The number of amides is 2. The van der Waals surface area contributed by atoms with Crippen LogP contribution in [0.5, 0.6) is 0 Å². The van der Waals surface area contributed by atoms with Crippen LogP contribution in [0.4, 0.5) is 5.69 Å². The van der Waals surface area contributed by atoms with Gasteiger partial charge < -0.3 is 4.74 Å². The Hall–Kier alpha value is -3.13. The molecule has 34 heavy (non-hydrogen) atoms. The third-order valence-electron chi connectivity index (χ3n) is 6.81. The fourth-order valence-electron chi connectivity index (χ4n) is 5.34. The number of carbonyl (C=O) groups excluding carboxylic acids is 4. The van der Waals surface area contributed by atoms with E-state index >= 15 is 0 Å². The number of hydrogen-bond donors (Lipinski definition) is 0. The zero-order chi connectivity index (χ0) is 23.8. The zero-order valence-electron chi connectivity index (χ0n) is 17.4. The van der Waals surface area contributed by atoms with E-state index in [4.69, 9.17) is 16.3 Å². The van der Waals surface area contributed by atoms with Crippen LogP contribution in [0.15, 0.2) is 77.3 Å². The molecule has 0 radical (unpaired) electrons. The van der Waals surface area contributed by atoms with E-state index in [1.807, 2.05) is 0 Å². The van der Waals surface area contributed by atoms with Crippen molar-refractivity contribution >= 4 is 56.6 Å². The Kier molecular flexibility index (Phi) is 4.68. The summed E-state index contributed by atoms with van der Waals surface area (Å²) in [5.74, 6) is -4.67. The number of para-hydroxylation sites is 1. The monoisotopic (exact) mass is 535 g/mol. The van der Waals surface area contributed by atoms with Gasteiger partial charge >= 0.3 is 0 Å². The van der Waals surface area contributed by atoms with Crippen molar-refractivity contribution in [1.29, 1.82) is 0 Å². The van der Waals surface area contributed by atoms with Crippen molar-refractivity contribution in [2.75, 3.05) is 4.90 Å². The highest BCUT2D eigenvalue weighted by Crippen LogP contribution is 2.58. The van der Waals surface area contributed by atoms with Crippen molar-refractivity contribution in [3.8, 4) is 0 Å². The Bertz CT molecular complexity index is 1380. The molecule has 2 amide bonds. The molecule has 3 atom stereocenters. The van der Waals surface area contributed by atoms with Crippen LogP contribution < -0.4 is 4.90 Å². The summed E-state index contributed by atoms with van der Waals surface area (Å²) in [4.78, 5) is 56.1. The van der Waals surface area contributed by atoms with Gasteiger partial charge in [-0.25, -0.2) is 4.90 Å². The van der Waals surface area contributed by atoms with Gasteiger partial charge in [-0.2, -0.15) is 0 Å². The zero-order valence-corrected chi connectivity index (χ0v) is 19.7. The lowest BCUT2D eigenvalue weighted by atomic mass is 9.77. The fraction of sp³-hybridized carbons (Fsp3) is 0.154. The van der Waals surface area contributed by atoms with Crippen LogP contribution in [-0.4, -0.2) is 29.0 Å². The number of carbonyl (C=O) groups is 4. The molecule has 3 aliphatic rings. The number of rotatable bonds is 2. The molecule has 2 aliphatic heterocycles. The van der Waals surface area contributed by atoms with E-state index in [0.717, 1.165) is 4.90 Å². The van der Waals surface area contributed by atoms with Gasteiger partial charge in [0.25, 0.3) is 0 Å². The Labute approximate surface area is 207 Å². The summed E-state index contributed by atoms with van der Waals surface area (Å²) in [6.45, 7) is 0. The van der Waals surface area contributed by atoms with Gasteiger partial charge in [-0.3, -0.25) is 19.2 Å². The van der Waals surface area contributed by atoms with Crippen LogP contribution in [0.2, 0.25) is 5.02 Å². The lowest BCUT2D eigenvalue weighted by molar-refractivity contribution is -0.127. The number of ketones is 2. The highest BCUT2D eigenvalue weighted by atomic mass is 79.9. The van der Waals surface area contributed by atoms with Gasteiger partial charge in [0.1, 0.15) is 0 Å². The normalized spacial score (nSPS) is 24.8. The maximum absolute atomic E-state index is 13.9. The van der Waals surface area contributed by atoms with E-state index in [-0.39, 0.29) is 11.1 Å². The van der Waals surface area contributed by atoms with Gasteiger partial charge in [-0.15, -0.1) is 0 Å². The number of ether oxygens (including phenoxy) is 1. The second-order valence-electron chi connectivity index (χ2n) is 8.50. The SMILES string of the molecule is O=C1[C@@H]2[C@@H](C(=O)N1c1ccccc1Br)C1(O[C@H]2c2ccc(Cl)cc2)C(=O)c2ccccc2C1=O. The first kappa shape index (κ1) is 21.4. The summed E-state index contributed by atoms with van der Waals surface area (Å²) in [7, 11) is 0. The number of Topliss-reactive ketones (excluding diaryl/α,β-unsaturated/α-hetero) is 2. The molecule has 8 heteroatoms. The largest absolute Gasteiger partial charge is 0.349 e. The van der Waals surface area contributed by atoms with E-state index in [2.05, 4.69) is 15.9 Å². The predicted octanol–water partition coefficient (Wildman–Crippen LogP) is 4.80. The number of nitrogens with zero attached hydrogens (tertiary/aromatic N) is 1. The van der Waals surface area contributed by atoms with Gasteiger partial charge in [0, 0.05) is 20.6 Å². The maximum atomic E-state index is 13.9. The van der Waals surface area contributed by atoms with Crippen LogP contribution in [0, 0.1) is 11.8 Å². The summed E-state index contributed by atoms with van der Waals surface area (Å²) in [5, 5.41) is 0.483. The number of halogens is 2. The van der Waals surface area contributed by atoms with Crippen LogP contribution in [0.25, 0.3) is 0 Å². The molecule has 2 fully saturated rings. The molecule has 0 N–H and O–H groups in total. The molecule has 6 rings (SSSR count). The van der Waals surface area contributed by atoms with Crippen molar-refractivity contribution < 1.29 is 23.9 Å². The molecule has 6 nitrogen and oxygen atoms in total. The van der Waals surface area contributed by atoms with Gasteiger partial charge in [0.2, 0.25) is 29.0 Å². The predicted molar refractivity (Wildman–Crippen MR) is 127 cm³/mol. The van der Waals surface area contributed by atoms with Crippen molar-refractivity contribution in [2.24, 2.45) is 11.8 Å². The number of anilines is 1. The first-order valence-corrected chi connectivity index (χ1v) is 11.8. The standard InChI is InChI=1S/C26H15BrClNO5/c27-17-7-3-4-8-18(17)29-24(32)19-20(25(29)33)26(34-21(19)13-9-11-14(28)12-10-13)22(30)15-5-1-2-6-16(15)23(26)31/h1-12,19-21H/t19-,20+,21+/m1/s1. The maximum Gasteiger partial charge on any atom is 0.241 e. The van der Waals surface area contributed by atoms with Gasteiger partial charge in [0.15, 0.2) is 0 Å². The van der Waals surface area contributed by atoms with Crippen molar-refractivity contribution in [3.05, 3.63) is 99.0 Å². The first-order chi connectivity index (χ1) is 16.4. The average molecular weight is 537 g/mol. The van der Waals surface area contributed by atoms with E-state index in [0.29, 0.717) is 20.7 Å². The lowest BCUT2D eigenvalue weighted by Crippen LogP contribution is -2.51. The van der Waals surface area contributed by atoms with Gasteiger partial charge in [-0.05, 0) is 45.8 Å². The molecule has 1 aliphatic carbocycles.